The molecule has 0 spiro atoms. The fraction of sp³-hybridized carbons (Fsp3) is 0.571. The van der Waals surface area contributed by atoms with Crippen LogP contribution in [0.3, 0.4) is 0 Å². The average Bonchev–Trinajstić information content (AvgIpc) is 2.85. The van der Waals surface area contributed by atoms with Gasteiger partial charge in [0.05, 0.1) is 14.2 Å². The molecule has 0 saturated heterocycles. The summed E-state index contributed by atoms with van der Waals surface area (Å²) in [5.41, 5.74) is 1.07. The van der Waals surface area contributed by atoms with Crippen LogP contribution >= 0.6 is 0 Å². The molecule has 1 atom stereocenters. The van der Waals surface area contributed by atoms with Crippen LogP contribution in [-0.4, -0.2) is 31.9 Å². The molecule has 5 nitrogen and oxygen atoms in total. The lowest BCUT2D eigenvalue weighted by atomic mass is 9.71. The summed E-state index contributed by atoms with van der Waals surface area (Å²) >= 11 is 0. The van der Waals surface area contributed by atoms with E-state index in [2.05, 4.69) is 12.3 Å². The highest BCUT2D eigenvalue weighted by Gasteiger charge is 2.55. The smallest absolute Gasteiger partial charge is 0.323 e. The topological polar surface area (TPSA) is 69.7 Å². The Labute approximate surface area is 112 Å². The molecule has 0 aromatic heterocycles. The van der Waals surface area contributed by atoms with Crippen molar-refractivity contribution in [2.45, 2.75) is 25.7 Å². The standard InChI is InChI=1S/C14H18O5/c1-4-5-8-14(12(16)18-2,13(17)19-3)10-6-7-11(15)9-10/h5,10H,1,6-9H2,2-3H3. The predicted octanol–water partition coefficient (Wildman–Crippen LogP) is 1.42. The van der Waals surface area contributed by atoms with Crippen molar-refractivity contribution in [2.75, 3.05) is 14.2 Å². The van der Waals surface area contributed by atoms with E-state index in [0.29, 0.717) is 12.8 Å². The lowest BCUT2D eigenvalue weighted by molar-refractivity contribution is -0.173. The van der Waals surface area contributed by atoms with Crippen LogP contribution in [0.25, 0.3) is 0 Å². The zero-order valence-electron chi connectivity index (χ0n) is 11.2. The normalized spacial score (nSPS) is 18.6. The third-order valence-electron chi connectivity index (χ3n) is 3.61. The molecule has 104 valence electrons. The summed E-state index contributed by atoms with van der Waals surface area (Å²) in [5.74, 6) is -1.70. The second-order valence-electron chi connectivity index (χ2n) is 4.55. The number of hydrogen-bond acceptors (Lipinski definition) is 5. The summed E-state index contributed by atoms with van der Waals surface area (Å²) in [6.45, 7) is 3.42. The number of hydrogen-bond donors (Lipinski definition) is 0. The number of carbonyl (C=O) groups is 3. The van der Waals surface area contributed by atoms with Crippen LogP contribution in [0.5, 0.6) is 0 Å². The summed E-state index contributed by atoms with van der Waals surface area (Å²) < 4.78 is 9.53. The summed E-state index contributed by atoms with van der Waals surface area (Å²) in [7, 11) is 2.43. The maximum Gasteiger partial charge on any atom is 0.323 e. The van der Waals surface area contributed by atoms with Crippen LogP contribution in [0.4, 0.5) is 0 Å². The van der Waals surface area contributed by atoms with E-state index in [9.17, 15) is 14.4 Å². The molecule has 0 radical (unpaired) electrons. The summed E-state index contributed by atoms with van der Waals surface area (Å²) in [6, 6.07) is 0. The second kappa shape index (κ2) is 6.34. The molecule has 0 N–H and O–H groups in total. The first-order chi connectivity index (χ1) is 9.02. The van der Waals surface area contributed by atoms with Gasteiger partial charge in [0.2, 0.25) is 0 Å². The van der Waals surface area contributed by atoms with Crippen LogP contribution in [-0.2, 0) is 23.9 Å². The number of rotatable bonds is 5. The van der Waals surface area contributed by atoms with Crippen molar-refractivity contribution in [1.29, 1.82) is 0 Å². The van der Waals surface area contributed by atoms with Gasteiger partial charge in [-0.2, -0.15) is 0 Å². The van der Waals surface area contributed by atoms with Gasteiger partial charge in [0.15, 0.2) is 5.41 Å². The van der Waals surface area contributed by atoms with Gasteiger partial charge in [-0.25, -0.2) is 0 Å². The van der Waals surface area contributed by atoms with Crippen LogP contribution in [0, 0.1) is 11.3 Å². The lowest BCUT2D eigenvalue weighted by Gasteiger charge is -2.32. The minimum atomic E-state index is -1.47. The highest BCUT2D eigenvalue weighted by Crippen LogP contribution is 2.43. The molecular formula is C14H18O5. The van der Waals surface area contributed by atoms with Crippen molar-refractivity contribution >= 4 is 17.7 Å². The van der Waals surface area contributed by atoms with Gasteiger partial charge < -0.3 is 9.47 Å². The summed E-state index contributed by atoms with van der Waals surface area (Å²) in [4.78, 5) is 35.7. The fourth-order valence-corrected chi connectivity index (χ4v) is 2.58. The van der Waals surface area contributed by atoms with Crippen LogP contribution < -0.4 is 0 Å². The quantitative estimate of drug-likeness (QED) is 0.427. The van der Waals surface area contributed by atoms with Gasteiger partial charge in [-0.05, 0) is 24.8 Å². The Morgan fingerprint density at radius 3 is 2.37 bits per heavy atom. The van der Waals surface area contributed by atoms with Gasteiger partial charge in [-0.3, -0.25) is 14.4 Å². The zero-order valence-corrected chi connectivity index (χ0v) is 11.2. The minimum absolute atomic E-state index is 0.0461. The van der Waals surface area contributed by atoms with Crippen molar-refractivity contribution in [3.8, 4) is 0 Å². The number of esters is 2. The first kappa shape index (κ1) is 15.2. The monoisotopic (exact) mass is 266 g/mol. The molecular weight excluding hydrogens is 248 g/mol. The van der Waals surface area contributed by atoms with Crippen molar-refractivity contribution < 1.29 is 23.9 Å². The van der Waals surface area contributed by atoms with Crippen LogP contribution in [0.1, 0.15) is 25.7 Å². The first-order valence-corrected chi connectivity index (χ1v) is 6.05. The molecule has 0 aromatic carbocycles. The van der Waals surface area contributed by atoms with Crippen molar-refractivity contribution in [1.82, 2.24) is 0 Å². The molecule has 1 aliphatic rings. The number of carbonyl (C=O) groups excluding carboxylic acids is 3. The SMILES string of the molecule is C=C=CCC(C(=O)OC)(C(=O)OC)C1CCC(=O)C1. The van der Waals surface area contributed by atoms with Crippen molar-refractivity contribution in [3.63, 3.8) is 0 Å². The molecule has 1 saturated carbocycles. The van der Waals surface area contributed by atoms with Gasteiger partial charge >= 0.3 is 11.9 Å². The Morgan fingerprint density at radius 1 is 1.42 bits per heavy atom. The number of ketones is 1. The molecule has 0 aromatic rings. The second-order valence-corrected chi connectivity index (χ2v) is 4.55. The van der Waals surface area contributed by atoms with Crippen molar-refractivity contribution in [2.24, 2.45) is 11.3 Å². The maximum atomic E-state index is 12.1. The minimum Gasteiger partial charge on any atom is -0.468 e. The molecule has 0 bridgehead atoms. The first-order valence-electron chi connectivity index (χ1n) is 6.05. The Balaban J connectivity index is 3.24. The molecule has 19 heavy (non-hydrogen) atoms. The van der Waals surface area contributed by atoms with E-state index in [1.165, 1.54) is 20.3 Å². The van der Waals surface area contributed by atoms with E-state index in [1.54, 1.807) is 0 Å². The fourth-order valence-electron chi connectivity index (χ4n) is 2.58. The van der Waals surface area contributed by atoms with Gasteiger partial charge in [-0.1, -0.05) is 6.58 Å². The van der Waals surface area contributed by atoms with Gasteiger partial charge in [0.1, 0.15) is 5.78 Å². The van der Waals surface area contributed by atoms with Gasteiger partial charge in [0.25, 0.3) is 0 Å². The molecule has 1 fully saturated rings. The molecule has 5 heteroatoms. The Hall–Kier alpha value is -1.87. The summed E-state index contributed by atoms with van der Waals surface area (Å²) in [6.07, 6.45) is 2.62. The molecule has 0 amide bonds. The van der Waals surface area contributed by atoms with E-state index >= 15 is 0 Å². The van der Waals surface area contributed by atoms with E-state index in [4.69, 9.17) is 9.47 Å². The number of allylic oxidation sites excluding steroid dienone is 1. The van der Waals surface area contributed by atoms with E-state index in [1.807, 2.05) is 0 Å². The predicted molar refractivity (Wildman–Crippen MR) is 67.1 cm³/mol. The lowest BCUT2D eigenvalue weighted by Crippen LogP contribution is -2.46. The highest BCUT2D eigenvalue weighted by atomic mass is 16.5. The average molecular weight is 266 g/mol. The Morgan fingerprint density at radius 2 is 2.00 bits per heavy atom. The van der Waals surface area contributed by atoms with Gasteiger partial charge in [0, 0.05) is 12.8 Å². The summed E-state index contributed by atoms with van der Waals surface area (Å²) in [5, 5.41) is 0. The maximum absolute atomic E-state index is 12.1. The molecule has 0 aliphatic heterocycles. The highest BCUT2D eigenvalue weighted by molar-refractivity contribution is 6.01. The third-order valence-corrected chi connectivity index (χ3v) is 3.61. The third kappa shape index (κ3) is 2.76. The van der Waals surface area contributed by atoms with E-state index in [-0.39, 0.29) is 18.6 Å². The Kier molecular flexibility index (Phi) is 5.07. The van der Waals surface area contributed by atoms with Crippen molar-refractivity contribution in [3.05, 3.63) is 18.4 Å². The Bertz CT molecular complexity index is 415. The van der Waals surface area contributed by atoms with Gasteiger partial charge in [-0.15, -0.1) is 5.73 Å². The number of Topliss-reactive ketones (excluding diaryl/α,β-unsaturated/α-hetero) is 1. The largest absolute Gasteiger partial charge is 0.468 e. The number of ether oxygens (including phenoxy) is 2. The number of methoxy groups -OCH3 is 2. The van der Waals surface area contributed by atoms with E-state index in [0.717, 1.165) is 0 Å². The molecule has 0 heterocycles. The van der Waals surface area contributed by atoms with E-state index < -0.39 is 23.3 Å². The van der Waals surface area contributed by atoms with Crippen LogP contribution in [0.2, 0.25) is 0 Å². The molecule has 1 unspecified atom stereocenters. The zero-order chi connectivity index (χ0) is 14.5. The molecule has 1 rings (SSSR count). The van der Waals surface area contributed by atoms with Crippen LogP contribution in [0.15, 0.2) is 18.4 Å². The molecule has 1 aliphatic carbocycles.